The average Bonchev–Trinajstić information content (AvgIpc) is 2.25. The van der Waals surface area contributed by atoms with Crippen molar-refractivity contribution < 1.29 is 9.84 Å². The molecule has 0 atom stereocenters. The summed E-state index contributed by atoms with van der Waals surface area (Å²) in [5.41, 5.74) is -0.105. The van der Waals surface area contributed by atoms with Crippen LogP contribution in [0.2, 0.25) is 0 Å². The monoisotopic (exact) mass is 217 g/mol. The van der Waals surface area contributed by atoms with E-state index in [0.29, 0.717) is 0 Å². The summed E-state index contributed by atoms with van der Waals surface area (Å²) in [5, 5.41) is 12.8. The van der Waals surface area contributed by atoms with Gasteiger partial charge in [-0.15, -0.1) is 0 Å². The van der Waals surface area contributed by atoms with Crippen LogP contribution in [0.15, 0.2) is 0 Å². The maximum atomic E-state index is 9.39. The number of hydrogen-bond donors (Lipinski definition) is 2. The molecular formula is C12H27NO2. The molecule has 0 radical (unpaired) electrons. The molecule has 0 amide bonds. The van der Waals surface area contributed by atoms with Gasteiger partial charge in [0.25, 0.3) is 0 Å². The molecule has 3 heteroatoms. The van der Waals surface area contributed by atoms with Gasteiger partial charge in [0.1, 0.15) is 0 Å². The van der Waals surface area contributed by atoms with Crippen LogP contribution in [0.25, 0.3) is 0 Å². The van der Waals surface area contributed by atoms with Crippen molar-refractivity contribution in [3.63, 3.8) is 0 Å². The number of ether oxygens (including phenoxy) is 1. The van der Waals surface area contributed by atoms with Crippen molar-refractivity contribution in [2.75, 3.05) is 26.8 Å². The van der Waals surface area contributed by atoms with Gasteiger partial charge in [-0.2, -0.15) is 0 Å². The van der Waals surface area contributed by atoms with Gasteiger partial charge >= 0.3 is 0 Å². The fourth-order valence-corrected chi connectivity index (χ4v) is 1.48. The van der Waals surface area contributed by atoms with E-state index >= 15 is 0 Å². The predicted molar refractivity (Wildman–Crippen MR) is 64.1 cm³/mol. The summed E-state index contributed by atoms with van der Waals surface area (Å²) in [5.74, 6) is 0. The van der Waals surface area contributed by atoms with E-state index in [-0.39, 0.29) is 17.6 Å². The lowest BCUT2D eigenvalue weighted by Crippen LogP contribution is -2.43. The van der Waals surface area contributed by atoms with Crippen LogP contribution < -0.4 is 5.32 Å². The van der Waals surface area contributed by atoms with Crippen molar-refractivity contribution in [2.24, 2.45) is 5.41 Å². The van der Waals surface area contributed by atoms with E-state index < -0.39 is 0 Å². The Morgan fingerprint density at radius 3 is 2.00 bits per heavy atom. The minimum absolute atomic E-state index is 0.0316. The molecule has 0 saturated carbocycles. The number of rotatable bonds is 8. The Morgan fingerprint density at radius 2 is 1.67 bits per heavy atom. The summed E-state index contributed by atoms with van der Waals surface area (Å²) in [6.45, 7) is 10.3. The van der Waals surface area contributed by atoms with Crippen molar-refractivity contribution >= 4 is 0 Å². The second-order valence-corrected chi connectivity index (χ2v) is 4.93. The summed E-state index contributed by atoms with van der Waals surface area (Å²) in [4.78, 5) is 0. The Kier molecular flexibility index (Phi) is 6.41. The SMILES string of the molecule is CCC(CC)(CO)CNCC(C)(C)OC. The molecule has 0 unspecified atom stereocenters. The zero-order valence-corrected chi connectivity index (χ0v) is 10.9. The lowest BCUT2D eigenvalue weighted by molar-refractivity contribution is 0.0181. The van der Waals surface area contributed by atoms with E-state index in [1.54, 1.807) is 7.11 Å². The Hall–Kier alpha value is -0.120. The number of aliphatic hydroxyl groups excluding tert-OH is 1. The van der Waals surface area contributed by atoms with Gasteiger partial charge < -0.3 is 15.2 Å². The minimum atomic E-state index is -0.136. The van der Waals surface area contributed by atoms with Crippen LogP contribution in [0.5, 0.6) is 0 Å². The van der Waals surface area contributed by atoms with E-state index in [4.69, 9.17) is 4.74 Å². The lowest BCUT2D eigenvalue weighted by Gasteiger charge is -2.32. The Labute approximate surface area is 94.2 Å². The molecule has 0 saturated heterocycles. The molecule has 0 aromatic carbocycles. The molecule has 15 heavy (non-hydrogen) atoms. The summed E-state index contributed by atoms with van der Waals surface area (Å²) >= 11 is 0. The first-order valence-corrected chi connectivity index (χ1v) is 5.82. The maximum Gasteiger partial charge on any atom is 0.0746 e. The van der Waals surface area contributed by atoms with Crippen molar-refractivity contribution in [3.8, 4) is 0 Å². The molecule has 3 nitrogen and oxygen atoms in total. The van der Waals surface area contributed by atoms with Crippen molar-refractivity contribution in [1.29, 1.82) is 0 Å². The molecule has 0 aliphatic rings. The van der Waals surface area contributed by atoms with Crippen LogP contribution in [0.3, 0.4) is 0 Å². The number of methoxy groups -OCH3 is 1. The van der Waals surface area contributed by atoms with Gasteiger partial charge in [-0.05, 0) is 26.7 Å². The molecule has 0 aliphatic heterocycles. The highest BCUT2D eigenvalue weighted by molar-refractivity contribution is 4.80. The number of nitrogens with one attached hydrogen (secondary N) is 1. The normalized spacial score (nSPS) is 13.2. The summed E-state index contributed by atoms with van der Waals surface area (Å²) in [7, 11) is 1.72. The second kappa shape index (κ2) is 6.46. The van der Waals surface area contributed by atoms with Crippen molar-refractivity contribution in [3.05, 3.63) is 0 Å². The molecule has 0 rings (SSSR count). The lowest BCUT2D eigenvalue weighted by atomic mass is 9.83. The Morgan fingerprint density at radius 1 is 1.13 bits per heavy atom. The van der Waals surface area contributed by atoms with Crippen molar-refractivity contribution in [2.45, 2.75) is 46.1 Å². The molecule has 2 N–H and O–H groups in total. The van der Waals surface area contributed by atoms with Gasteiger partial charge in [-0.25, -0.2) is 0 Å². The zero-order chi connectivity index (χ0) is 11.9. The van der Waals surface area contributed by atoms with Gasteiger partial charge in [0, 0.05) is 32.2 Å². The average molecular weight is 217 g/mol. The van der Waals surface area contributed by atoms with E-state index in [9.17, 15) is 5.11 Å². The van der Waals surface area contributed by atoms with E-state index in [1.807, 2.05) is 0 Å². The first-order chi connectivity index (χ1) is 6.95. The van der Waals surface area contributed by atoms with Crippen LogP contribution >= 0.6 is 0 Å². The van der Waals surface area contributed by atoms with Gasteiger partial charge in [-0.3, -0.25) is 0 Å². The van der Waals surface area contributed by atoms with Crippen LogP contribution in [0.1, 0.15) is 40.5 Å². The zero-order valence-electron chi connectivity index (χ0n) is 10.9. The third-order valence-corrected chi connectivity index (χ3v) is 3.44. The van der Waals surface area contributed by atoms with Crippen LogP contribution in [0.4, 0.5) is 0 Å². The topological polar surface area (TPSA) is 41.5 Å². The van der Waals surface area contributed by atoms with Gasteiger partial charge in [0.15, 0.2) is 0 Å². The van der Waals surface area contributed by atoms with E-state index in [1.165, 1.54) is 0 Å². The molecule has 0 bridgehead atoms. The molecule has 0 aromatic rings. The molecule has 92 valence electrons. The first kappa shape index (κ1) is 14.9. The van der Waals surface area contributed by atoms with Crippen LogP contribution in [-0.4, -0.2) is 37.5 Å². The second-order valence-electron chi connectivity index (χ2n) is 4.93. The smallest absolute Gasteiger partial charge is 0.0746 e. The minimum Gasteiger partial charge on any atom is -0.396 e. The highest BCUT2D eigenvalue weighted by Gasteiger charge is 2.26. The van der Waals surface area contributed by atoms with Gasteiger partial charge in [0.05, 0.1) is 5.60 Å². The standard InChI is InChI=1S/C12H27NO2/c1-6-12(7-2,10-14)9-13-8-11(3,4)15-5/h13-14H,6-10H2,1-5H3. The predicted octanol–water partition coefficient (Wildman–Crippen LogP) is 1.80. The van der Waals surface area contributed by atoms with E-state index in [2.05, 4.69) is 33.0 Å². The fraction of sp³-hybridized carbons (Fsp3) is 1.00. The van der Waals surface area contributed by atoms with Gasteiger partial charge in [0.2, 0.25) is 0 Å². The van der Waals surface area contributed by atoms with Gasteiger partial charge in [-0.1, -0.05) is 13.8 Å². The van der Waals surface area contributed by atoms with E-state index in [0.717, 1.165) is 25.9 Å². The largest absolute Gasteiger partial charge is 0.396 e. The molecule has 0 heterocycles. The summed E-state index contributed by atoms with van der Waals surface area (Å²) in [6.07, 6.45) is 2.00. The van der Waals surface area contributed by atoms with Crippen molar-refractivity contribution in [1.82, 2.24) is 5.32 Å². The molecule has 0 fully saturated rings. The quantitative estimate of drug-likeness (QED) is 0.651. The molecule has 0 aromatic heterocycles. The van der Waals surface area contributed by atoms with Crippen LogP contribution in [-0.2, 0) is 4.74 Å². The molecule has 0 aliphatic carbocycles. The first-order valence-electron chi connectivity index (χ1n) is 5.82. The van der Waals surface area contributed by atoms with Crippen LogP contribution in [0, 0.1) is 5.41 Å². The third-order valence-electron chi connectivity index (χ3n) is 3.44. The Bertz CT molecular complexity index is 157. The fourth-order valence-electron chi connectivity index (χ4n) is 1.48. The Balaban J connectivity index is 4.02. The third kappa shape index (κ3) is 4.96. The summed E-state index contributed by atoms with van der Waals surface area (Å²) in [6, 6.07) is 0. The molecular weight excluding hydrogens is 190 g/mol. The molecule has 0 spiro atoms. The number of hydrogen-bond acceptors (Lipinski definition) is 3. The highest BCUT2D eigenvalue weighted by atomic mass is 16.5. The highest BCUT2D eigenvalue weighted by Crippen LogP contribution is 2.24. The maximum absolute atomic E-state index is 9.39. The summed E-state index contributed by atoms with van der Waals surface area (Å²) < 4.78 is 5.33. The number of aliphatic hydroxyl groups is 1.